The van der Waals surface area contributed by atoms with Crippen molar-refractivity contribution in [1.29, 1.82) is 0 Å². The predicted molar refractivity (Wildman–Crippen MR) is 110 cm³/mol. The Morgan fingerprint density at radius 1 is 1.15 bits per heavy atom. The number of carbonyl (C=O) groups excluding carboxylic acids is 1. The second kappa shape index (κ2) is 8.03. The summed E-state index contributed by atoms with van der Waals surface area (Å²) in [5.41, 5.74) is 3.94. The van der Waals surface area contributed by atoms with Crippen LogP contribution in [0.5, 0.6) is 0 Å². The van der Waals surface area contributed by atoms with E-state index in [0.29, 0.717) is 18.5 Å². The molecular weight excluding hydrogens is 336 g/mol. The van der Waals surface area contributed by atoms with E-state index in [4.69, 9.17) is 0 Å². The van der Waals surface area contributed by atoms with Crippen molar-refractivity contribution >= 4 is 16.8 Å². The predicted octanol–water partition coefficient (Wildman–Crippen LogP) is 2.86. The van der Waals surface area contributed by atoms with Crippen LogP contribution in [0, 0.1) is 0 Å². The lowest BCUT2D eigenvalue weighted by Crippen LogP contribution is -2.49. The van der Waals surface area contributed by atoms with E-state index >= 15 is 0 Å². The molecule has 5 heteroatoms. The summed E-state index contributed by atoms with van der Waals surface area (Å²) >= 11 is 0. The Morgan fingerprint density at radius 3 is 2.63 bits per heavy atom. The molecule has 2 aromatic rings. The second-order valence-electron chi connectivity index (χ2n) is 7.92. The molecule has 5 nitrogen and oxygen atoms in total. The molecule has 1 fully saturated rings. The third kappa shape index (κ3) is 3.76. The summed E-state index contributed by atoms with van der Waals surface area (Å²) in [5.74, 6) is 0.299. The number of hydrogen-bond donors (Lipinski definition) is 1. The van der Waals surface area contributed by atoms with E-state index in [-0.39, 0.29) is 0 Å². The molecule has 0 unspecified atom stereocenters. The fourth-order valence-electron chi connectivity index (χ4n) is 4.90. The van der Waals surface area contributed by atoms with Gasteiger partial charge in [-0.25, -0.2) is 0 Å². The lowest BCUT2D eigenvalue weighted by atomic mass is 10.0. The maximum atomic E-state index is 12.8. The van der Waals surface area contributed by atoms with Gasteiger partial charge in [0.1, 0.15) is 0 Å². The minimum absolute atomic E-state index is 0.299. The molecule has 2 aliphatic heterocycles. The van der Waals surface area contributed by atoms with Crippen molar-refractivity contribution in [2.24, 2.45) is 0 Å². The fourth-order valence-corrected chi connectivity index (χ4v) is 4.90. The average Bonchev–Trinajstić information content (AvgIpc) is 3.07. The molecule has 3 heterocycles. The van der Waals surface area contributed by atoms with E-state index in [1.165, 1.54) is 22.2 Å². The van der Waals surface area contributed by atoms with E-state index in [1.54, 1.807) is 0 Å². The van der Waals surface area contributed by atoms with Crippen LogP contribution < -0.4 is 0 Å². The zero-order chi connectivity index (χ0) is 18.8. The van der Waals surface area contributed by atoms with Crippen LogP contribution >= 0.6 is 0 Å². The first-order chi connectivity index (χ1) is 13.2. The summed E-state index contributed by atoms with van der Waals surface area (Å²) in [6.45, 7) is 10.9. The molecule has 4 rings (SSSR count). The van der Waals surface area contributed by atoms with Gasteiger partial charge in [0.15, 0.2) is 0 Å². The Bertz CT molecular complexity index is 787. The maximum absolute atomic E-state index is 12.8. The molecule has 0 bridgehead atoms. The summed E-state index contributed by atoms with van der Waals surface area (Å²) in [5, 5.41) is 1.34. The molecule has 146 valence electrons. The molecule has 0 radical (unpaired) electrons. The van der Waals surface area contributed by atoms with Gasteiger partial charge in [-0.3, -0.25) is 9.69 Å². The number of benzene rings is 1. The molecule has 0 atom stereocenters. The molecule has 1 N–H and O–H groups in total. The summed E-state index contributed by atoms with van der Waals surface area (Å²) in [6.07, 6.45) is 3.25. The van der Waals surface area contributed by atoms with Crippen molar-refractivity contribution in [2.45, 2.75) is 45.7 Å². The number of piperidine rings is 1. The van der Waals surface area contributed by atoms with Crippen molar-refractivity contribution in [3.63, 3.8) is 0 Å². The highest BCUT2D eigenvalue weighted by Crippen LogP contribution is 2.27. The second-order valence-corrected chi connectivity index (χ2v) is 7.92. The first-order valence-electron chi connectivity index (χ1n) is 10.5. The molecule has 1 amide bonds. The monoisotopic (exact) mass is 368 g/mol. The number of para-hydroxylation sites is 1. The van der Waals surface area contributed by atoms with E-state index in [9.17, 15) is 4.79 Å². The van der Waals surface area contributed by atoms with Crippen LogP contribution in [-0.4, -0.2) is 70.9 Å². The van der Waals surface area contributed by atoms with Crippen LogP contribution in [0.25, 0.3) is 10.9 Å². The number of carbonyl (C=O) groups is 1. The lowest BCUT2D eigenvalue weighted by Gasteiger charge is -2.38. The average molecular weight is 369 g/mol. The Balaban J connectivity index is 1.33. The van der Waals surface area contributed by atoms with Crippen LogP contribution in [-0.2, 0) is 17.8 Å². The molecule has 1 saturated heterocycles. The van der Waals surface area contributed by atoms with E-state index in [0.717, 1.165) is 58.5 Å². The number of aromatic nitrogens is 1. The smallest absolute Gasteiger partial charge is 0.236 e. The van der Waals surface area contributed by atoms with Gasteiger partial charge in [-0.05, 0) is 44.0 Å². The highest BCUT2D eigenvalue weighted by Gasteiger charge is 2.28. The molecule has 0 saturated carbocycles. The van der Waals surface area contributed by atoms with E-state index in [1.807, 2.05) is 0 Å². The number of nitrogens with one attached hydrogen (secondary N) is 1. The summed E-state index contributed by atoms with van der Waals surface area (Å²) in [6, 6.07) is 9.17. The zero-order valence-electron chi connectivity index (χ0n) is 16.7. The Labute approximate surface area is 162 Å². The first-order valence-corrected chi connectivity index (χ1v) is 10.5. The minimum Gasteiger partial charge on any atom is -0.357 e. The van der Waals surface area contributed by atoms with E-state index in [2.05, 4.69) is 57.8 Å². The van der Waals surface area contributed by atoms with Gasteiger partial charge in [0.2, 0.25) is 5.91 Å². The third-order valence-corrected chi connectivity index (χ3v) is 6.47. The normalized spacial score (nSPS) is 19.0. The maximum Gasteiger partial charge on any atom is 0.236 e. The Hall–Kier alpha value is -1.85. The van der Waals surface area contributed by atoms with Gasteiger partial charge in [-0.1, -0.05) is 32.0 Å². The van der Waals surface area contributed by atoms with Gasteiger partial charge >= 0.3 is 0 Å². The number of rotatable bonds is 5. The third-order valence-electron chi connectivity index (χ3n) is 6.47. The van der Waals surface area contributed by atoms with Gasteiger partial charge in [0.25, 0.3) is 0 Å². The number of H-pyrrole nitrogens is 1. The fraction of sp³-hybridized carbons (Fsp3) is 0.591. The van der Waals surface area contributed by atoms with Crippen molar-refractivity contribution in [3.8, 4) is 0 Å². The lowest BCUT2D eigenvalue weighted by molar-refractivity contribution is -0.134. The number of nitrogens with zero attached hydrogens (tertiary/aromatic N) is 3. The number of likely N-dealkylation sites (tertiary alicyclic amines) is 1. The zero-order valence-corrected chi connectivity index (χ0v) is 16.7. The largest absolute Gasteiger partial charge is 0.357 e. The van der Waals surface area contributed by atoms with Crippen molar-refractivity contribution < 1.29 is 4.79 Å². The van der Waals surface area contributed by atoms with E-state index < -0.39 is 0 Å². The van der Waals surface area contributed by atoms with Crippen molar-refractivity contribution in [1.82, 2.24) is 19.7 Å². The standard InChI is InChI=1S/C22H32N4O/c1-3-25(4-2)17-9-13-26(14-10-17)22(27)16-24-12-11-19-18-7-5-6-8-20(18)23-21(19)15-24/h5-8,17,23H,3-4,9-16H2,1-2H3. The van der Waals surface area contributed by atoms with Crippen molar-refractivity contribution in [3.05, 3.63) is 35.5 Å². The van der Waals surface area contributed by atoms with Crippen LogP contribution in [0.3, 0.4) is 0 Å². The van der Waals surface area contributed by atoms with Crippen molar-refractivity contribution in [2.75, 3.05) is 39.3 Å². The number of aromatic amines is 1. The van der Waals surface area contributed by atoms with Gasteiger partial charge < -0.3 is 14.8 Å². The molecule has 0 aliphatic carbocycles. The topological polar surface area (TPSA) is 42.6 Å². The number of fused-ring (bicyclic) bond motifs is 3. The molecule has 1 aromatic heterocycles. The number of amides is 1. The highest BCUT2D eigenvalue weighted by molar-refractivity contribution is 5.85. The van der Waals surface area contributed by atoms with Gasteiger partial charge in [-0.2, -0.15) is 0 Å². The van der Waals surface area contributed by atoms with Gasteiger partial charge in [-0.15, -0.1) is 0 Å². The van der Waals surface area contributed by atoms with Crippen LogP contribution in [0.4, 0.5) is 0 Å². The molecule has 1 aromatic carbocycles. The van der Waals surface area contributed by atoms with Crippen LogP contribution in [0.1, 0.15) is 37.9 Å². The first kappa shape index (κ1) is 18.5. The summed E-state index contributed by atoms with van der Waals surface area (Å²) in [4.78, 5) is 23.3. The van der Waals surface area contributed by atoms with Gasteiger partial charge in [0, 0.05) is 48.8 Å². The minimum atomic E-state index is 0.299. The summed E-state index contributed by atoms with van der Waals surface area (Å²) < 4.78 is 0. The molecular formula is C22H32N4O. The van der Waals surface area contributed by atoms with Crippen LogP contribution in [0.2, 0.25) is 0 Å². The number of hydrogen-bond acceptors (Lipinski definition) is 3. The molecule has 0 spiro atoms. The Morgan fingerprint density at radius 2 is 1.89 bits per heavy atom. The van der Waals surface area contributed by atoms with Crippen LogP contribution in [0.15, 0.2) is 24.3 Å². The van der Waals surface area contributed by atoms with Gasteiger partial charge in [0.05, 0.1) is 6.54 Å². The highest BCUT2D eigenvalue weighted by atomic mass is 16.2. The Kier molecular flexibility index (Phi) is 5.50. The summed E-state index contributed by atoms with van der Waals surface area (Å²) in [7, 11) is 0. The molecule has 2 aliphatic rings. The quantitative estimate of drug-likeness (QED) is 0.882. The SMILES string of the molecule is CCN(CC)C1CCN(C(=O)CN2CCc3c([nH]c4ccccc34)C2)CC1. The molecule has 27 heavy (non-hydrogen) atoms.